The number of hydrogen-bond donors (Lipinski definition) is 1. The smallest absolute Gasteiger partial charge is 0.407 e. The summed E-state index contributed by atoms with van der Waals surface area (Å²) in [6.07, 6.45) is 5.97. The van der Waals surface area contributed by atoms with Gasteiger partial charge in [0.25, 0.3) is 0 Å². The van der Waals surface area contributed by atoms with Gasteiger partial charge < -0.3 is 29.2 Å². The third kappa shape index (κ3) is 8.93. The van der Waals surface area contributed by atoms with Gasteiger partial charge >= 0.3 is 12.1 Å². The number of alkyl carbamates (subject to hydrolysis) is 1. The van der Waals surface area contributed by atoms with Crippen molar-refractivity contribution in [3.63, 3.8) is 0 Å². The topological polar surface area (TPSA) is 89.6 Å². The average molecular weight is 568 g/mol. The Morgan fingerprint density at radius 3 is 2.49 bits per heavy atom. The lowest BCUT2D eigenvalue weighted by atomic mass is 10.1. The molecule has 9 heteroatoms. The highest BCUT2D eigenvalue weighted by molar-refractivity contribution is 5.93. The standard InChI is InChI=1S/C32H45N3O6/c1-32(2,3)41-30(36)33-16-15-24-11-12-25(28(20-24)39-5)22-34-17-7-18-35(31(34)37)26-13-14-27(38-4)29(21-26)40-19-6-8-23-9-10-23/h11-14,20-21,23H,6-10,15-19,22H2,1-5H3,(H,33,36). The molecule has 1 saturated heterocycles. The molecule has 224 valence electrons. The number of anilines is 1. The van der Waals surface area contributed by atoms with E-state index in [-0.39, 0.29) is 6.03 Å². The van der Waals surface area contributed by atoms with Crippen molar-refractivity contribution in [2.45, 2.75) is 71.4 Å². The van der Waals surface area contributed by atoms with Crippen molar-refractivity contribution in [1.82, 2.24) is 10.2 Å². The van der Waals surface area contributed by atoms with E-state index >= 15 is 0 Å². The number of ether oxygens (including phenoxy) is 4. The minimum Gasteiger partial charge on any atom is -0.496 e. The van der Waals surface area contributed by atoms with Gasteiger partial charge in [-0.05, 0) is 76.1 Å². The number of carbonyl (C=O) groups is 2. The molecule has 41 heavy (non-hydrogen) atoms. The normalized spacial score (nSPS) is 15.5. The Hall–Kier alpha value is -3.62. The molecule has 1 heterocycles. The summed E-state index contributed by atoms with van der Waals surface area (Å²) in [6.45, 7) is 8.35. The van der Waals surface area contributed by atoms with Crippen molar-refractivity contribution in [3.8, 4) is 17.2 Å². The second kappa shape index (κ2) is 13.8. The Labute approximate surface area is 244 Å². The fraction of sp³-hybridized carbons (Fsp3) is 0.562. The van der Waals surface area contributed by atoms with Crippen LogP contribution in [-0.2, 0) is 17.7 Å². The van der Waals surface area contributed by atoms with Crippen molar-refractivity contribution in [2.24, 2.45) is 5.92 Å². The molecule has 2 aromatic rings. The minimum atomic E-state index is -0.533. The number of hydrogen-bond acceptors (Lipinski definition) is 6. The molecule has 1 N–H and O–H groups in total. The SMILES string of the molecule is COc1cc(CCNC(=O)OC(C)(C)C)ccc1CN1CCCN(c2ccc(OC)c(OCCCC3CC3)c2)C1=O. The van der Waals surface area contributed by atoms with E-state index in [1.54, 1.807) is 14.2 Å². The van der Waals surface area contributed by atoms with E-state index in [9.17, 15) is 9.59 Å². The van der Waals surface area contributed by atoms with Crippen LogP contribution in [0.4, 0.5) is 15.3 Å². The zero-order chi connectivity index (χ0) is 29.4. The lowest BCUT2D eigenvalue weighted by molar-refractivity contribution is 0.0528. The Kier molecular flexibility index (Phi) is 10.2. The van der Waals surface area contributed by atoms with Crippen LogP contribution in [0.15, 0.2) is 36.4 Å². The van der Waals surface area contributed by atoms with Crippen molar-refractivity contribution in [3.05, 3.63) is 47.5 Å². The molecule has 1 aliphatic carbocycles. The van der Waals surface area contributed by atoms with E-state index in [0.29, 0.717) is 50.7 Å². The number of methoxy groups -OCH3 is 2. The van der Waals surface area contributed by atoms with Crippen molar-refractivity contribution >= 4 is 17.8 Å². The number of nitrogens with one attached hydrogen (secondary N) is 1. The number of benzene rings is 2. The largest absolute Gasteiger partial charge is 0.496 e. The number of rotatable bonds is 13. The van der Waals surface area contributed by atoms with Crippen LogP contribution in [0.3, 0.4) is 0 Å². The molecule has 9 nitrogen and oxygen atoms in total. The zero-order valence-electron chi connectivity index (χ0n) is 25.2. The molecule has 0 spiro atoms. The number of urea groups is 1. The maximum atomic E-state index is 13.6. The highest BCUT2D eigenvalue weighted by atomic mass is 16.6. The van der Waals surface area contributed by atoms with Crippen LogP contribution in [0.1, 0.15) is 64.0 Å². The van der Waals surface area contributed by atoms with Crippen LogP contribution in [0.5, 0.6) is 17.2 Å². The summed E-state index contributed by atoms with van der Waals surface area (Å²) in [4.78, 5) is 29.2. The van der Waals surface area contributed by atoms with Gasteiger partial charge in [-0.3, -0.25) is 4.90 Å². The molecule has 4 rings (SSSR count). The average Bonchev–Trinajstić information content (AvgIpc) is 3.76. The fourth-order valence-electron chi connectivity index (χ4n) is 4.98. The van der Waals surface area contributed by atoms with Gasteiger partial charge in [0.1, 0.15) is 11.4 Å². The van der Waals surface area contributed by atoms with Crippen LogP contribution >= 0.6 is 0 Å². The molecule has 2 aliphatic rings. The second-order valence-corrected chi connectivity index (χ2v) is 11.8. The van der Waals surface area contributed by atoms with Gasteiger partial charge in [0.15, 0.2) is 11.5 Å². The summed E-state index contributed by atoms with van der Waals surface area (Å²) in [7, 11) is 3.27. The molecule has 1 aliphatic heterocycles. The zero-order valence-corrected chi connectivity index (χ0v) is 25.2. The van der Waals surface area contributed by atoms with Gasteiger partial charge in [0, 0.05) is 37.0 Å². The molecular formula is C32H45N3O6. The van der Waals surface area contributed by atoms with Gasteiger partial charge in [-0.25, -0.2) is 9.59 Å². The van der Waals surface area contributed by atoms with Gasteiger partial charge in [0.2, 0.25) is 0 Å². The molecule has 2 fully saturated rings. The van der Waals surface area contributed by atoms with E-state index in [0.717, 1.165) is 41.3 Å². The molecule has 1 saturated carbocycles. The lowest BCUT2D eigenvalue weighted by Gasteiger charge is -2.36. The predicted molar refractivity (Wildman–Crippen MR) is 159 cm³/mol. The monoisotopic (exact) mass is 567 g/mol. The van der Waals surface area contributed by atoms with Crippen LogP contribution < -0.4 is 24.4 Å². The van der Waals surface area contributed by atoms with Crippen LogP contribution in [0.2, 0.25) is 0 Å². The fourth-order valence-corrected chi connectivity index (χ4v) is 4.98. The molecule has 0 bridgehead atoms. The molecule has 0 aromatic heterocycles. The van der Waals surface area contributed by atoms with Crippen molar-refractivity contribution in [1.29, 1.82) is 0 Å². The summed E-state index contributed by atoms with van der Waals surface area (Å²) in [6, 6.07) is 11.6. The molecular weight excluding hydrogens is 522 g/mol. The third-order valence-electron chi connectivity index (χ3n) is 7.28. The summed E-state index contributed by atoms with van der Waals surface area (Å²) < 4.78 is 22.6. The van der Waals surface area contributed by atoms with Crippen LogP contribution in [-0.4, -0.2) is 63.1 Å². The quantitative estimate of drug-likeness (QED) is 0.291. The van der Waals surface area contributed by atoms with E-state index in [1.165, 1.54) is 19.3 Å². The summed E-state index contributed by atoms with van der Waals surface area (Å²) in [5.74, 6) is 2.94. The molecule has 3 amide bonds. The van der Waals surface area contributed by atoms with Gasteiger partial charge in [0.05, 0.1) is 27.4 Å². The first-order valence-electron chi connectivity index (χ1n) is 14.7. The Balaban J connectivity index is 1.37. The van der Waals surface area contributed by atoms with Gasteiger partial charge in [-0.15, -0.1) is 0 Å². The first-order valence-corrected chi connectivity index (χ1v) is 14.7. The first-order chi connectivity index (χ1) is 19.7. The molecule has 0 atom stereocenters. The lowest BCUT2D eigenvalue weighted by Crippen LogP contribution is -2.49. The van der Waals surface area contributed by atoms with Crippen LogP contribution in [0.25, 0.3) is 0 Å². The van der Waals surface area contributed by atoms with Crippen molar-refractivity contribution < 1.29 is 28.5 Å². The molecule has 0 unspecified atom stereocenters. The van der Waals surface area contributed by atoms with Crippen molar-refractivity contribution in [2.75, 3.05) is 45.4 Å². The first kappa shape index (κ1) is 30.3. The highest BCUT2D eigenvalue weighted by Crippen LogP contribution is 2.35. The maximum absolute atomic E-state index is 13.6. The van der Waals surface area contributed by atoms with Gasteiger partial charge in [-0.2, -0.15) is 0 Å². The second-order valence-electron chi connectivity index (χ2n) is 11.8. The summed E-state index contributed by atoms with van der Waals surface area (Å²) >= 11 is 0. The molecule has 0 radical (unpaired) electrons. The number of nitrogens with zero attached hydrogens (tertiary/aromatic N) is 2. The van der Waals surface area contributed by atoms with Crippen LogP contribution in [0, 0.1) is 5.92 Å². The number of amides is 3. The Morgan fingerprint density at radius 2 is 1.78 bits per heavy atom. The Bertz CT molecular complexity index is 1190. The summed E-state index contributed by atoms with van der Waals surface area (Å²) in [5.41, 5.74) is 2.23. The van der Waals surface area contributed by atoms with Gasteiger partial charge in [-0.1, -0.05) is 25.0 Å². The minimum absolute atomic E-state index is 0.0474. The van der Waals surface area contributed by atoms with E-state index in [2.05, 4.69) is 5.32 Å². The van der Waals surface area contributed by atoms with E-state index in [1.807, 2.05) is 67.0 Å². The van der Waals surface area contributed by atoms with E-state index < -0.39 is 11.7 Å². The maximum Gasteiger partial charge on any atom is 0.407 e. The van der Waals surface area contributed by atoms with E-state index in [4.69, 9.17) is 18.9 Å². The third-order valence-corrected chi connectivity index (χ3v) is 7.28. The number of carbonyl (C=O) groups excluding carboxylic acids is 2. The predicted octanol–water partition coefficient (Wildman–Crippen LogP) is 6.17. The molecule has 2 aromatic carbocycles. The summed E-state index contributed by atoms with van der Waals surface area (Å²) in [5, 5.41) is 2.79. The highest BCUT2D eigenvalue weighted by Gasteiger charge is 2.28. The Morgan fingerprint density at radius 1 is 1.00 bits per heavy atom.